The van der Waals surface area contributed by atoms with Crippen molar-refractivity contribution in [3.8, 4) is 0 Å². The molecule has 1 heterocycles. The molecule has 0 N–H and O–H groups in total. The SMILES string of the molecule is CCN1C(=O)C(CBr)N(C)C1=O. The molecule has 1 atom stereocenters. The Balaban J connectivity index is 2.85. The lowest BCUT2D eigenvalue weighted by Crippen LogP contribution is -2.32. The molecular formula is C7H11BrN2O2. The number of rotatable bonds is 2. The molecule has 0 aliphatic carbocycles. The maximum atomic E-state index is 11.4. The van der Waals surface area contributed by atoms with E-state index in [1.807, 2.05) is 0 Å². The number of hydrogen-bond donors (Lipinski definition) is 0. The molecule has 0 aromatic rings. The van der Waals surface area contributed by atoms with Gasteiger partial charge in [0.2, 0.25) is 0 Å². The van der Waals surface area contributed by atoms with Crippen LogP contribution in [-0.4, -0.2) is 46.7 Å². The lowest BCUT2D eigenvalue weighted by atomic mass is 10.3. The lowest BCUT2D eigenvalue weighted by Gasteiger charge is -2.12. The van der Waals surface area contributed by atoms with Crippen molar-refractivity contribution >= 4 is 27.9 Å². The first-order chi connectivity index (χ1) is 5.63. The van der Waals surface area contributed by atoms with E-state index in [1.165, 1.54) is 9.80 Å². The molecule has 0 bridgehead atoms. The van der Waals surface area contributed by atoms with Gasteiger partial charge in [0, 0.05) is 18.9 Å². The Hall–Kier alpha value is -0.580. The normalized spacial score (nSPS) is 24.1. The van der Waals surface area contributed by atoms with Crippen molar-refractivity contribution in [2.24, 2.45) is 0 Å². The van der Waals surface area contributed by atoms with Crippen molar-refractivity contribution < 1.29 is 9.59 Å². The summed E-state index contributed by atoms with van der Waals surface area (Å²) in [6.45, 7) is 2.24. The van der Waals surface area contributed by atoms with E-state index in [2.05, 4.69) is 15.9 Å². The van der Waals surface area contributed by atoms with Crippen molar-refractivity contribution in [1.29, 1.82) is 0 Å². The van der Waals surface area contributed by atoms with Crippen molar-refractivity contribution in [1.82, 2.24) is 9.80 Å². The van der Waals surface area contributed by atoms with Gasteiger partial charge in [0.25, 0.3) is 5.91 Å². The second kappa shape index (κ2) is 3.43. The van der Waals surface area contributed by atoms with Crippen LogP contribution in [0.3, 0.4) is 0 Å². The zero-order valence-electron chi connectivity index (χ0n) is 7.08. The summed E-state index contributed by atoms with van der Waals surface area (Å²) in [4.78, 5) is 25.5. The summed E-state index contributed by atoms with van der Waals surface area (Å²) in [7, 11) is 1.64. The third-order valence-corrected chi connectivity index (χ3v) is 2.63. The molecule has 1 aliphatic heterocycles. The average Bonchev–Trinajstić information content (AvgIpc) is 2.25. The minimum absolute atomic E-state index is 0.109. The number of alkyl halides is 1. The second-order valence-electron chi connectivity index (χ2n) is 2.65. The summed E-state index contributed by atoms with van der Waals surface area (Å²) < 4.78 is 0. The van der Waals surface area contributed by atoms with Crippen molar-refractivity contribution in [2.75, 3.05) is 18.9 Å². The van der Waals surface area contributed by atoms with Crippen LogP contribution in [0.1, 0.15) is 6.92 Å². The molecule has 1 fully saturated rings. The zero-order chi connectivity index (χ0) is 9.30. The molecule has 5 heteroatoms. The molecule has 12 heavy (non-hydrogen) atoms. The Kier molecular flexibility index (Phi) is 2.72. The number of nitrogens with zero attached hydrogens (tertiary/aromatic N) is 2. The zero-order valence-corrected chi connectivity index (χ0v) is 8.67. The molecule has 0 radical (unpaired) electrons. The summed E-state index contributed by atoms with van der Waals surface area (Å²) in [5.41, 5.74) is 0. The van der Waals surface area contributed by atoms with Crippen molar-refractivity contribution in [2.45, 2.75) is 13.0 Å². The Morgan fingerprint density at radius 1 is 1.50 bits per heavy atom. The average molecular weight is 235 g/mol. The van der Waals surface area contributed by atoms with E-state index in [0.717, 1.165) is 0 Å². The van der Waals surface area contributed by atoms with Gasteiger partial charge in [-0.2, -0.15) is 0 Å². The van der Waals surface area contributed by atoms with Crippen LogP contribution in [-0.2, 0) is 4.79 Å². The number of halogens is 1. The number of amides is 3. The molecule has 1 saturated heterocycles. The first-order valence-electron chi connectivity index (χ1n) is 3.77. The Morgan fingerprint density at radius 3 is 2.33 bits per heavy atom. The molecule has 0 spiro atoms. The van der Waals surface area contributed by atoms with Gasteiger partial charge in [-0.25, -0.2) is 4.79 Å². The van der Waals surface area contributed by atoms with Crippen molar-refractivity contribution in [3.05, 3.63) is 0 Å². The van der Waals surface area contributed by atoms with E-state index in [0.29, 0.717) is 11.9 Å². The number of urea groups is 1. The molecule has 0 aromatic carbocycles. The summed E-state index contributed by atoms with van der Waals surface area (Å²) >= 11 is 3.20. The first kappa shape index (κ1) is 9.51. The second-order valence-corrected chi connectivity index (χ2v) is 3.29. The molecule has 1 unspecified atom stereocenters. The minimum atomic E-state index is -0.322. The van der Waals surface area contributed by atoms with Gasteiger partial charge in [-0.05, 0) is 6.92 Å². The Bertz CT molecular complexity index is 219. The van der Waals surface area contributed by atoms with Crippen LogP contribution in [0.25, 0.3) is 0 Å². The fraction of sp³-hybridized carbons (Fsp3) is 0.714. The number of hydrogen-bond acceptors (Lipinski definition) is 2. The lowest BCUT2D eigenvalue weighted by molar-refractivity contribution is -0.127. The smallest absolute Gasteiger partial charge is 0.314 e. The highest BCUT2D eigenvalue weighted by atomic mass is 79.9. The Labute approximate surface area is 79.6 Å². The summed E-state index contributed by atoms with van der Waals surface area (Å²) in [6.07, 6.45) is 0. The minimum Gasteiger partial charge on any atom is -0.314 e. The maximum Gasteiger partial charge on any atom is 0.327 e. The summed E-state index contributed by atoms with van der Waals surface area (Å²) in [5.74, 6) is -0.109. The van der Waals surface area contributed by atoms with Crippen LogP contribution >= 0.6 is 15.9 Å². The third-order valence-electron chi connectivity index (χ3n) is 2.01. The largest absolute Gasteiger partial charge is 0.327 e. The predicted octanol–water partition coefficient (Wildman–Crippen LogP) is 0.664. The predicted molar refractivity (Wildman–Crippen MR) is 48.1 cm³/mol. The van der Waals surface area contributed by atoms with Crippen LogP contribution in [0.15, 0.2) is 0 Å². The molecule has 0 saturated carbocycles. The van der Waals surface area contributed by atoms with Crippen LogP contribution in [0.4, 0.5) is 4.79 Å². The van der Waals surface area contributed by atoms with Gasteiger partial charge < -0.3 is 4.90 Å². The summed E-state index contributed by atoms with van der Waals surface area (Å²) in [6, 6.07) is -0.524. The van der Waals surface area contributed by atoms with E-state index >= 15 is 0 Å². The van der Waals surface area contributed by atoms with Crippen LogP contribution in [0.2, 0.25) is 0 Å². The molecule has 3 amide bonds. The number of imide groups is 1. The highest BCUT2D eigenvalue weighted by Gasteiger charge is 2.41. The van der Waals surface area contributed by atoms with Crippen LogP contribution in [0, 0.1) is 0 Å². The number of carbonyl (C=O) groups is 2. The maximum absolute atomic E-state index is 11.4. The molecule has 1 rings (SSSR count). The molecular weight excluding hydrogens is 224 g/mol. The fourth-order valence-corrected chi connectivity index (χ4v) is 1.94. The number of carbonyl (C=O) groups excluding carboxylic acids is 2. The third kappa shape index (κ3) is 1.22. The van der Waals surface area contributed by atoms with Crippen molar-refractivity contribution in [3.63, 3.8) is 0 Å². The van der Waals surface area contributed by atoms with Gasteiger partial charge in [0.1, 0.15) is 6.04 Å². The molecule has 68 valence electrons. The highest BCUT2D eigenvalue weighted by Crippen LogP contribution is 2.16. The van der Waals surface area contributed by atoms with Crippen LogP contribution < -0.4 is 0 Å². The quantitative estimate of drug-likeness (QED) is 0.521. The first-order valence-corrected chi connectivity index (χ1v) is 4.89. The van der Waals surface area contributed by atoms with Crippen LogP contribution in [0.5, 0.6) is 0 Å². The standard InChI is InChI=1S/C7H11BrN2O2/c1-3-10-6(11)5(4-8)9(2)7(10)12/h5H,3-4H2,1-2H3. The fourth-order valence-electron chi connectivity index (χ4n) is 1.22. The Morgan fingerprint density at radius 2 is 2.08 bits per heavy atom. The van der Waals surface area contributed by atoms with Gasteiger partial charge >= 0.3 is 6.03 Å². The van der Waals surface area contributed by atoms with Gasteiger partial charge in [-0.3, -0.25) is 9.69 Å². The molecule has 4 nitrogen and oxygen atoms in total. The topological polar surface area (TPSA) is 40.6 Å². The molecule has 1 aliphatic rings. The van der Waals surface area contributed by atoms with Gasteiger partial charge in [0.15, 0.2) is 0 Å². The summed E-state index contributed by atoms with van der Waals surface area (Å²) in [5, 5.41) is 0.505. The van der Waals surface area contributed by atoms with Gasteiger partial charge in [-0.15, -0.1) is 0 Å². The van der Waals surface area contributed by atoms with Gasteiger partial charge in [-0.1, -0.05) is 15.9 Å². The van der Waals surface area contributed by atoms with E-state index < -0.39 is 0 Å². The monoisotopic (exact) mass is 234 g/mol. The van der Waals surface area contributed by atoms with E-state index in [-0.39, 0.29) is 18.0 Å². The highest BCUT2D eigenvalue weighted by molar-refractivity contribution is 9.09. The number of likely N-dealkylation sites (N-methyl/N-ethyl adjacent to an activating group) is 2. The molecule has 0 aromatic heterocycles. The van der Waals surface area contributed by atoms with Gasteiger partial charge in [0.05, 0.1) is 0 Å². The van der Waals surface area contributed by atoms with E-state index in [9.17, 15) is 9.59 Å². The van der Waals surface area contributed by atoms with E-state index in [1.54, 1.807) is 14.0 Å². The van der Waals surface area contributed by atoms with E-state index in [4.69, 9.17) is 0 Å².